The van der Waals surface area contributed by atoms with Crippen LogP contribution in [0.1, 0.15) is 25.5 Å². The summed E-state index contributed by atoms with van der Waals surface area (Å²) in [6, 6.07) is 7.33. The van der Waals surface area contributed by atoms with Crippen LogP contribution in [0.2, 0.25) is 0 Å². The van der Waals surface area contributed by atoms with Crippen LogP contribution in [0, 0.1) is 0 Å². The topological polar surface area (TPSA) is 38.5 Å². The van der Waals surface area contributed by atoms with Gasteiger partial charge >= 0.3 is 0 Å². The molecule has 0 bridgehead atoms. The van der Waals surface area contributed by atoms with E-state index in [4.69, 9.17) is 10.5 Å². The molecular weight excluding hydrogens is 263 g/mol. The van der Waals surface area contributed by atoms with Gasteiger partial charge in [0.05, 0.1) is 12.1 Å². The summed E-state index contributed by atoms with van der Waals surface area (Å²) in [5, 5.41) is 0. The second-order valence-corrected chi connectivity index (χ2v) is 5.42. The normalized spacial score (nSPS) is 14.6. The summed E-state index contributed by atoms with van der Waals surface area (Å²) in [6.07, 6.45) is -0.391. The third-order valence-electron chi connectivity index (χ3n) is 2.97. The molecule has 0 aliphatic heterocycles. The average Bonchev–Trinajstić information content (AvgIpc) is 2.46. The number of hydrogen-bond acceptors (Lipinski definition) is 4. The van der Waals surface area contributed by atoms with Crippen molar-refractivity contribution in [2.45, 2.75) is 30.9 Å². The molecule has 0 aliphatic carbocycles. The highest BCUT2D eigenvalue weighted by molar-refractivity contribution is 7.97. The molecule has 0 fully saturated rings. The Labute approximate surface area is 119 Å². The Kier molecular flexibility index (Phi) is 7.38. The van der Waals surface area contributed by atoms with Crippen molar-refractivity contribution in [2.75, 3.05) is 26.9 Å². The van der Waals surface area contributed by atoms with E-state index in [0.29, 0.717) is 0 Å². The average molecular weight is 286 g/mol. The number of halogens is 1. The molecule has 3 nitrogen and oxygen atoms in total. The predicted octanol–water partition coefficient (Wildman–Crippen LogP) is 3.02. The Morgan fingerprint density at radius 3 is 2.26 bits per heavy atom. The number of nitrogens with zero attached hydrogens (tertiary/aromatic N) is 1. The molecule has 0 spiro atoms. The van der Waals surface area contributed by atoms with E-state index >= 15 is 0 Å². The summed E-state index contributed by atoms with van der Waals surface area (Å²) in [6.45, 7) is 5.67. The van der Waals surface area contributed by atoms with Crippen molar-refractivity contribution in [1.82, 2.24) is 4.31 Å². The van der Waals surface area contributed by atoms with Gasteiger partial charge in [0.15, 0.2) is 0 Å². The maximum Gasteiger partial charge on any atom is 0.107 e. The summed E-state index contributed by atoms with van der Waals surface area (Å²) in [7, 11) is 1.55. The molecule has 0 amide bonds. The molecule has 0 radical (unpaired) electrons. The van der Waals surface area contributed by atoms with E-state index in [2.05, 4.69) is 18.2 Å². The second-order valence-electron chi connectivity index (χ2n) is 4.25. The molecule has 2 N–H and O–H groups in total. The zero-order valence-corrected chi connectivity index (χ0v) is 12.6. The molecule has 0 aromatic heterocycles. The first-order valence-electron chi connectivity index (χ1n) is 6.53. The van der Waals surface area contributed by atoms with Gasteiger partial charge < -0.3 is 10.5 Å². The van der Waals surface area contributed by atoms with Crippen molar-refractivity contribution in [3.05, 3.63) is 29.8 Å². The smallest absolute Gasteiger partial charge is 0.107 e. The van der Waals surface area contributed by atoms with Crippen molar-refractivity contribution >= 4 is 11.9 Å². The van der Waals surface area contributed by atoms with Crippen molar-refractivity contribution in [3.63, 3.8) is 0 Å². The van der Waals surface area contributed by atoms with Gasteiger partial charge in [-0.2, -0.15) is 0 Å². The molecule has 1 rings (SSSR count). The van der Waals surface area contributed by atoms with E-state index in [1.165, 1.54) is 0 Å². The van der Waals surface area contributed by atoms with Crippen LogP contribution in [-0.4, -0.2) is 37.2 Å². The molecule has 1 aromatic carbocycles. The lowest BCUT2D eigenvalue weighted by Gasteiger charge is -2.21. The minimum atomic E-state index is -0.619. The lowest BCUT2D eigenvalue weighted by Crippen LogP contribution is -2.31. The quantitative estimate of drug-likeness (QED) is 0.746. The van der Waals surface area contributed by atoms with Crippen molar-refractivity contribution in [2.24, 2.45) is 5.73 Å². The summed E-state index contributed by atoms with van der Waals surface area (Å²) < 4.78 is 20.2. The first-order chi connectivity index (χ1) is 9.15. The number of alkyl halides is 1. The molecule has 1 aromatic rings. The summed E-state index contributed by atoms with van der Waals surface area (Å²) >= 11 is 1.72. The van der Waals surface area contributed by atoms with Crippen molar-refractivity contribution in [1.29, 1.82) is 0 Å². The molecule has 2 unspecified atom stereocenters. The highest BCUT2D eigenvalue weighted by Gasteiger charge is 2.19. The second kappa shape index (κ2) is 8.53. The van der Waals surface area contributed by atoms with Gasteiger partial charge in [0.1, 0.15) is 6.67 Å². The minimum absolute atomic E-state index is 0.391. The highest BCUT2D eigenvalue weighted by Crippen LogP contribution is 2.26. The zero-order valence-electron chi connectivity index (χ0n) is 11.8. The van der Waals surface area contributed by atoms with Crippen LogP contribution in [0.3, 0.4) is 0 Å². The third kappa shape index (κ3) is 4.76. The van der Waals surface area contributed by atoms with Gasteiger partial charge in [0, 0.05) is 25.1 Å². The molecule has 0 saturated carbocycles. The van der Waals surface area contributed by atoms with Crippen molar-refractivity contribution < 1.29 is 9.13 Å². The Bertz CT molecular complexity index is 357. The summed E-state index contributed by atoms with van der Waals surface area (Å²) in [5.74, 6) is 0. The van der Waals surface area contributed by atoms with Gasteiger partial charge in [-0.3, -0.25) is 0 Å². The van der Waals surface area contributed by atoms with E-state index in [0.717, 1.165) is 23.5 Å². The maximum atomic E-state index is 12.6. The van der Waals surface area contributed by atoms with Crippen LogP contribution in [0.25, 0.3) is 0 Å². The number of rotatable bonds is 8. The molecule has 2 atom stereocenters. The fraction of sp³-hybridized carbons (Fsp3) is 0.571. The molecule has 0 heterocycles. The molecule has 0 aliphatic rings. The lowest BCUT2D eigenvalue weighted by atomic mass is 10.0. The molecule has 19 heavy (non-hydrogen) atoms. The molecular formula is C14H23FN2OS. The van der Waals surface area contributed by atoms with Gasteiger partial charge in [0.2, 0.25) is 0 Å². The largest absolute Gasteiger partial charge is 0.375 e. The van der Waals surface area contributed by atoms with E-state index in [9.17, 15) is 4.39 Å². The summed E-state index contributed by atoms with van der Waals surface area (Å²) in [5.41, 5.74) is 6.62. The van der Waals surface area contributed by atoms with Gasteiger partial charge in [-0.05, 0) is 29.6 Å². The Hall–Kier alpha value is -0.620. The Morgan fingerprint density at radius 2 is 1.84 bits per heavy atom. The lowest BCUT2D eigenvalue weighted by molar-refractivity contribution is 0.0720. The van der Waals surface area contributed by atoms with Crippen LogP contribution in [0.4, 0.5) is 4.39 Å². The van der Waals surface area contributed by atoms with Crippen molar-refractivity contribution in [3.8, 4) is 0 Å². The van der Waals surface area contributed by atoms with E-state index in [-0.39, 0.29) is 0 Å². The molecule has 0 saturated heterocycles. The molecule has 5 heteroatoms. The number of hydrogen-bond donors (Lipinski definition) is 1. The van der Waals surface area contributed by atoms with Crippen LogP contribution in [0.15, 0.2) is 29.2 Å². The first kappa shape index (κ1) is 16.4. The fourth-order valence-corrected chi connectivity index (χ4v) is 2.67. The minimum Gasteiger partial charge on any atom is -0.375 e. The Morgan fingerprint density at radius 1 is 1.26 bits per heavy atom. The van der Waals surface area contributed by atoms with E-state index < -0.39 is 18.8 Å². The SMILES string of the molecule is CCN(CC)Sc1ccc(C(OC)C(N)CF)cc1. The Balaban J connectivity index is 2.74. The fourth-order valence-electron chi connectivity index (χ4n) is 1.86. The van der Waals surface area contributed by atoms with E-state index in [1.54, 1.807) is 19.1 Å². The van der Waals surface area contributed by atoms with E-state index in [1.807, 2.05) is 24.3 Å². The van der Waals surface area contributed by atoms with Gasteiger partial charge in [0.25, 0.3) is 0 Å². The monoisotopic (exact) mass is 286 g/mol. The third-order valence-corrected chi connectivity index (χ3v) is 4.23. The van der Waals surface area contributed by atoms with Crippen LogP contribution in [0.5, 0.6) is 0 Å². The van der Waals surface area contributed by atoms with Gasteiger partial charge in [-0.1, -0.05) is 26.0 Å². The van der Waals surface area contributed by atoms with Crippen LogP contribution in [-0.2, 0) is 4.74 Å². The number of benzene rings is 1. The van der Waals surface area contributed by atoms with Gasteiger partial charge in [-0.15, -0.1) is 0 Å². The summed E-state index contributed by atoms with van der Waals surface area (Å²) in [4.78, 5) is 1.16. The molecule has 108 valence electrons. The number of methoxy groups -OCH3 is 1. The predicted molar refractivity (Wildman–Crippen MR) is 78.9 cm³/mol. The standard InChI is InChI=1S/C14H23FN2OS/c1-4-17(5-2)19-12-8-6-11(7-9-12)14(18-3)13(16)10-15/h6-9,13-14H,4-5,10,16H2,1-3H3. The van der Waals surface area contributed by atoms with Gasteiger partial charge in [-0.25, -0.2) is 8.70 Å². The number of nitrogens with two attached hydrogens (primary N) is 1. The van der Waals surface area contributed by atoms with Crippen LogP contribution < -0.4 is 5.73 Å². The maximum absolute atomic E-state index is 12.6. The zero-order chi connectivity index (χ0) is 14.3. The highest BCUT2D eigenvalue weighted by atomic mass is 32.2. The number of ether oxygens (including phenoxy) is 1. The first-order valence-corrected chi connectivity index (χ1v) is 7.30. The van der Waals surface area contributed by atoms with Crippen LogP contribution >= 0.6 is 11.9 Å².